The smallest absolute Gasteiger partial charge is 0.317 e. The maximum absolute atomic E-state index is 13.6. The summed E-state index contributed by atoms with van der Waals surface area (Å²) in [5, 5.41) is 12.6. The topological polar surface area (TPSA) is 112 Å². The Labute approximate surface area is 201 Å². The molecule has 34 heavy (non-hydrogen) atoms. The Morgan fingerprint density at radius 2 is 2.12 bits per heavy atom. The number of benzene rings is 1. The second-order valence-electron chi connectivity index (χ2n) is 8.76. The van der Waals surface area contributed by atoms with E-state index in [1.165, 1.54) is 10.4 Å². The summed E-state index contributed by atoms with van der Waals surface area (Å²) in [4.78, 5) is 18.2. The monoisotopic (exact) mass is 490 g/mol. The summed E-state index contributed by atoms with van der Waals surface area (Å²) in [5.41, 5.74) is 1.60. The maximum atomic E-state index is 13.6. The summed E-state index contributed by atoms with van der Waals surface area (Å²) < 4.78 is 34.8. The van der Waals surface area contributed by atoms with Crippen LogP contribution in [0.2, 0.25) is 0 Å². The molecule has 2 N–H and O–H groups in total. The van der Waals surface area contributed by atoms with Gasteiger partial charge in [0.05, 0.1) is 13.2 Å². The minimum absolute atomic E-state index is 0.0374. The molecule has 186 valence electrons. The number of fused-ring (bicyclic) bond motifs is 1. The van der Waals surface area contributed by atoms with Gasteiger partial charge in [-0.05, 0) is 37.1 Å². The largest absolute Gasteiger partial charge is 0.487 e. The molecule has 0 bridgehead atoms. The van der Waals surface area contributed by atoms with E-state index >= 15 is 0 Å². The Kier molecular flexibility index (Phi) is 8.51. The number of hydrogen-bond acceptors (Lipinski definition) is 6. The van der Waals surface area contributed by atoms with Crippen molar-refractivity contribution in [1.29, 1.82) is 0 Å². The zero-order valence-electron chi connectivity index (χ0n) is 20.1. The van der Waals surface area contributed by atoms with Gasteiger partial charge in [0, 0.05) is 50.1 Å². The maximum Gasteiger partial charge on any atom is 0.317 e. The standard InChI is InChI=1S/C24H34N4O5S/c1-5-10-26-24(30)27(4)15-22-17(2)14-28(18(3)16-29)34(31,32)23-9-8-19(12-21(23)33-22)20-7-6-11-25-13-20/h6-9,11-13,17-18,22,29H,5,10,14-16H2,1-4H3,(H,26,30)/t17-,18-,22-/m1/s1. The number of hydrogen-bond donors (Lipinski definition) is 2. The SMILES string of the molecule is CCCNC(=O)N(C)C[C@H]1Oc2cc(-c3cccnc3)ccc2S(=O)(=O)N([C@H](C)CO)C[C@H]1C. The van der Waals surface area contributed by atoms with Crippen LogP contribution in [0, 0.1) is 5.92 Å². The summed E-state index contributed by atoms with van der Waals surface area (Å²) in [7, 11) is -2.23. The first-order valence-corrected chi connectivity index (χ1v) is 13.0. The fraction of sp³-hybridized carbons (Fsp3) is 0.500. The number of likely N-dealkylation sites (N-methyl/N-ethyl adjacent to an activating group) is 1. The molecule has 0 fully saturated rings. The first-order chi connectivity index (χ1) is 16.2. The van der Waals surface area contributed by atoms with Crippen molar-refractivity contribution in [3.63, 3.8) is 0 Å². The number of pyridine rings is 1. The van der Waals surface area contributed by atoms with Crippen molar-refractivity contribution in [2.24, 2.45) is 5.92 Å². The van der Waals surface area contributed by atoms with Crippen molar-refractivity contribution in [2.45, 2.75) is 44.2 Å². The number of nitrogens with one attached hydrogen (secondary N) is 1. The molecular formula is C24H34N4O5S. The Morgan fingerprint density at radius 1 is 1.35 bits per heavy atom. The van der Waals surface area contributed by atoms with Gasteiger partial charge in [0.2, 0.25) is 10.0 Å². The molecule has 2 aromatic rings. The van der Waals surface area contributed by atoms with E-state index in [9.17, 15) is 18.3 Å². The lowest BCUT2D eigenvalue weighted by Crippen LogP contribution is -2.51. The highest BCUT2D eigenvalue weighted by molar-refractivity contribution is 7.89. The molecule has 1 aromatic heterocycles. The summed E-state index contributed by atoms with van der Waals surface area (Å²) in [5.74, 6) is -0.0317. The molecule has 9 nitrogen and oxygen atoms in total. The van der Waals surface area contributed by atoms with Crippen molar-refractivity contribution < 1.29 is 23.1 Å². The van der Waals surface area contributed by atoms with Gasteiger partial charge in [-0.2, -0.15) is 4.31 Å². The first-order valence-electron chi connectivity index (χ1n) is 11.5. The van der Waals surface area contributed by atoms with Gasteiger partial charge < -0.3 is 20.1 Å². The lowest BCUT2D eigenvalue weighted by molar-refractivity contribution is 0.0813. The van der Waals surface area contributed by atoms with Crippen LogP contribution in [0.25, 0.3) is 11.1 Å². The molecular weight excluding hydrogens is 456 g/mol. The van der Waals surface area contributed by atoms with E-state index in [4.69, 9.17) is 4.74 Å². The molecule has 1 aliphatic heterocycles. The molecule has 0 saturated carbocycles. The molecule has 0 saturated heterocycles. The molecule has 0 unspecified atom stereocenters. The normalized spacial score (nSPS) is 20.9. The predicted octanol–water partition coefficient (Wildman–Crippen LogP) is 2.57. The average Bonchev–Trinajstić information content (AvgIpc) is 2.84. The highest BCUT2D eigenvalue weighted by atomic mass is 32.2. The van der Waals surface area contributed by atoms with Gasteiger partial charge in [0.25, 0.3) is 0 Å². The van der Waals surface area contributed by atoms with Gasteiger partial charge in [-0.1, -0.05) is 26.0 Å². The number of nitrogens with zero attached hydrogens (tertiary/aromatic N) is 3. The molecule has 2 heterocycles. The van der Waals surface area contributed by atoms with Gasteiger partial charge >= 0.3 is 6.03 Å². The van der Waals surface area contributed by atoms with Crippen LogP contribution in [-0.2, 0) is 10.0 Å². The quantitative estimate of drug-likeness (QED) is 0.617. The van der Waals surface area contributed by atoms with E-state index in [1.54, 1.807) is 43.4 Å². The number of aromatic nitrogens is 1. The van der Waals surface area contributed by atoms with E-state index in [2.05, 4.69) is 10.3 Å². The van der Waals surface area contributed by atoms with Gasteiger partial charge in [-0.25, -0.2) is 13.2 Å². The van der Waals surface area contributed by atoms with Crippen molar-refractivity contribution in [2.75, 3.05) is 33.3 Å². The van der Waals surface area contributed by atoms with Crippen LogP contribution in [-0.4, -0.2) is 79.2 Å². The van der Waals surface area contributed by atoms with Gasteiger partial charge in [0.1, 0.15) is 16.7 Å². The van der Waals surface area contributed by atoms with Crippen molar-refractivity contribution >= 4 is 16.1 Å². The number of aliphatic hydroxyl groups excluding tert-OH is 1. The minimum atomic E-state index is -3.93. The van der Waals surface area contributed by atoms with Crippen LogP contribution in [0.4, 0.5) is 4.79 Å². The molecule has 0 radical (unpaired) electrons. The fourth-order valence-corrected chi connectivity index (χ4v) is 5.70. The van der Waals surface area contributed by atoms with E-state index in [1.807, 2.05) is 26.0 Å². The predicted molar refractivity (Wildman–Crippen MR) is 130 cm³/mol. The zero-order chi connectivity index (χ0) is 24.9. The number of rotatable bonds is 7. The Balaban J connectivity index is 2.04. The van der Waals surface area contributed by atoms with E-state index in [0.29, 0.717) is 6.54 Å². The number of ether oxygens (including phenoxy) is 1. The molecule has 1 aliphatic rings. The number of sulfonamides is 1. The van der Waals surface area contributed by atoms with Crippen LogP contribution in [0.5, 0.6) is 5.75 Å². The molecule has 3 rings (SSSR count). The summed E-state index contributed by atoms with van der Waals surface area (Å²) in [6.45, 7) is 6.24. The Morgan fingerprint density at radius 3 is 2.76 bits per heavy atom. The third-order valence-electron chi connectivity index (χ3n) is 5.99. The Bertz CT molecular complexity index is 1080. The number of carbonyl (C=O) groups excluding carboxylic acids is 1. The van der Waals surface area contributed by atoms with E-state index in [0.717, 1.165) is 17.5 Å². The highest BCUT2D eigenvalue weighted by Gasteiger charge is 2.38. The lowest BCUT2D eigenvalue weighted by atomic mass is 10.0. The summed E-state index contributed by atoms with van der Waals surface area (Å²) >= 11 is 0. The molecule has 3 atom stereocenters. The van der Waals surface area contributed by atoms with Gasteiger partial charge in [-0.15, -0.1) is 0 Å². The molecule has 10 heteroatoms. The number of amides is 2. The van der Waals surface area contributed by atoms with Gasteiger partial charge in [-0.3, -0.25) is 4.98 Å². The number of aliphatic hydroxyl groups is 1. The van der Waals surface area contributed by atoms with Crippen LogP contribution >= 0.6 is 0 Å². The summed E-state index contributed by atoms with van der Waals surface area (Å²) in [6, 6.07) is 7.84. The third kappa shape index (κ3) is 5.68. The lowest BCUT2D eigenvalue weighted by Gasteiger charge is -2.37. The Hall–Kier alpha value is -2.69. The number of carbonyl (C=O) groups is 1. The zero-order valence-corrected chi connectivity index (χ0v) is 21.0. The van der Waals surface area contributed by atoms with Crippen molar-refractivity contribution in [1.82, 2.24) is 19.5 Å². The van der Waals surface area contributed by atoms with E-state index in [-0.39, 0.29) is 42.3 Å². The van der Waals surface area contributed by atoms with Crippen LogP contribution in [0.1, 0.15) is 27.2 Å². The third-order valence-corrected chi connectivity index (χ3v) is 8.01. The molecule has 1 aromatic carbocycles. The number of urea groups is 1. The van der Waals surface area contributed by atoms with Crippen molar-refractivity contribution in [3.8, 4) is 16.9 Å². The average molecular weight is 491 g/mol. The van der Waals surface area contributed by atoms with Crippen LogP contribution in [0.15, 0.2) is 47.6 Å². The van der Waals surface area contributed by atoms with Crippen LogP contribution < -0.4 is 10.1 Å². The second-order valence-corrected chi connectivity index (χ2v) is 10.6. The van der Waals surface area contributed by atoms with Crippen LogP contribution in [0.3, 0.4) is 0 Å². The van der Waals surface area contributed by atoms with Gasteiger partial charge in [0.15, 0.2) is 0 Å². The molecule has 0 spiro atoms. The minimum Gasteiger partial charge on any atom is -0.487 e. The molecule has 2 amide bonds. The van der Waals surface area contributed by atoms with Crippen molar-refractivity contribution in [3.05, 3.63) is 42.7 Å². The fourth-order valence-electron chi connectivity index (χ4n) is 3.88. The first kappa shape index (κ1) is 25.9. The summed E-state index contributed by atoms with van der Waals surface area (Å²) in [6.07, 6.45) is 3.73. The van der Waals surface area contributed by atoms with E-state index < -0.39 is 22.2 Å². The molecule has 0 aliphatic carbocycles. The second kappa shape index (κ2) is 11.2. The highest BCUT2D eigenvalue weighted by Crippen LogP contribution is 2.36.